The molecule has 0 fully saturated rings. The summed E-state index contributed by atoms with van der Waals surface area (Å²) < 4.78 is 11.1. The van der Waals surface area contributed by atoms with Crippen LogP contribution >= 0.6 is 23.2 Å². The number of amides is 1. The van der Waals surface area contributed by atoms with Crippen molar-refractivity contribution in [2.75, 3.05) is 6.61 Å². The lowest BCUT2D eigenvalue weighted by Gasteiger charge is -2.11. The van der Waals surface area contributed by atoms with Crippen LogP contribution < -0.4 is 10.2 Å². The van der Waals surface area contributed by atoms with Crippen molar-refractivity contribution in [3.05, 3.63) is 79.5 Å². The summed E-state index contributed by atoms with van der Waals surface area (Å²) in [7, 11) is 0. The fourth-order valence-electron chi connectivity index (χ4n) is 2.83. The minimum absolute atomic E-state index is 0.0323. The van der Waals surface area contributed by atoms with Gasteiger partial charge in [-0.15, -0.1) is 0 Å². The second-order valence-electron chi connectivity index (χ2n) is 6.58. The highest BCUT2D eigenvalue weighted by Gasteiger charge is 2.14. The number of aryl methyl sites for hydroxylation is 2. The number of ether oxygens (including phenoxy) is 1. The molecule has 0 radical (unpaired) electrons. The van der Waals surface area contributed by atoms with E-state index in [-0.39, 0.29) is 12.3 Å². The molecule has 160 valence electrons. The maximum Gasteiger partial charge on any atom is 0.277 e. The Morgan fingerprint density at radius 1 is 1.16 bits per heavy atom. The van der Waals surface area contributed by atoms with Gasteiger partial charge in [-0.05, 0) is 55.3 Å². The van der Waals surface area contributed by atoms with Gasteiger partial charge in [0.05, 0.1) is 21.2 Å². The normalized spacial score (nSPS) is 11.0. The van der Waals surface area contributed by atoms with E-state index in [9.17, 15) is 14.9 Å². The maximum atomic E-state index is 12.0. The largest absolute Gasteiger partial charge is 0.483 e. The smallest absolute Gasteiger partial charge is 0.277 e. The number of non-ortho nitro benzene ring substituents is 1. The number of hydrazone groups is 1. The van der Waals surface area contributed by atoms with Crippen molar-refractivity contribution in [2.45, 2.75) is 13.8 Å². The van der Waals surface area contributed by atoms with Crippen LogP contribution in [0, 0.1) is 24.0 Å². The molecular weight excluding hydrogens is 445 g/mol. The molecule has 0 spiro atoms. The van der Waals surface area contributed by atoms with Gasteiger partial charge in [-0.2, -0.15) is 5.10 Å². The van der Waals surface area contributed by atoms with E-state index in [4.69, 9.17) is 32.4 Å². The van der Waals surface area contributed by atoms with Crippen LogP contribution in [0.2, 0.25) is 10.0 Å². The molecule has 3 rings (SSSR count). The van der Waals surface area contributed by atoms with Gasteiger partial charge in [-0.3, -0.25) is 14.9 Å². The Morgan fingerprint density at radius 3 is 2.52 bits per heavy atom. The fourth-order valence-corrected chi connectivity index (χ4v) is 3.12. The van der Waals surface area contributed by atoms with E-state index in [0.717, 1.165) is 5.56 Å². The van der Waals surface area contributed by atoms with E-state index in [0.29, 0.717) is 38.4 Å². The molecule has 0 aliphatic carbocycles. The number of hydrogen-bond donors (Lipinski definition) is 1. The standard InChI is InChI=1S/C21H17Cl2N3O5/c1-12-7-15(26(28)29)8-13(2)21(12)30-11-20(27)25-24-10-16-4-6-19(31-16)14-3-5-17(22)18(23)9-14/h3-10H,11H2,1-2H3,(H,25,27)/b24-10+. The number of rotatable bonds is 7. The third kappa shape index (κ3) is 5.62. The average Bonchev–Trinajstić information content (AvgIpc) is 3.18. The van der Waals surface area contributed by atoms with Crippen LogP contribution in [0.5, 0.6) is 5.75 Å². The SMILES string of the molecule is Cc1cc([N+](=O)[O-])cc(C)c1OCC(=O)N/N=C/c1ccc(-c2ccc(Cl)c(Cl)c2)o1. The zero-order valence-electron chi connectivity index (χ0n) is 16.5. The van der Waals surface area contributed by atoms with Gasteiger partial charge in [0.25, 0.3) is 11.6 Å². The van der Waals surface area contributed by atoms with Crippen molar-refractivity contribution in [1.82, 2.24) is 5.43 Å². The first-order valence-corrected chi connectivity index (χ1v) is 9.76. The van der Waals surface area contributed by atoms with Gasteiger partial charge in [0.2, 0.25) is 0 Å². The number of benzene rings is 2. The topological polar surface area (TPSA) is 107 Å². The van der Waals surface area contributed by atoms with Crippen molar-refractivity contribution in [2.24, 2.45) is 5.10 Å². The number of nitrogens with one attached hydrogen (secondary N) is 1. The minimum atomic E-state index is -0.496. The van der Waals surface area contributed by atoms with Crippen LogP contribution in [0.4, 0.5) is 5.69 Å². The number of furan rings is 1. The molecule has 0 saturated carbocycles. The van der Waals surface area contributed by atoms with Crippen molar-refractivity contribution < 1.29 is 18.9 Å². The van der Waals surface area contributed by atoms with Crippen molar-refractivity contribution in [3.8, 4) is 17.1 Å². The third-order valence-electron chi connectivity index (χ3n) is 4.22. The van der Waals surface area contributed by atoms with Crippen molar-refractivity contribution >= 4 is 41.0 Å². The number of nitro groups is 1. The lowest BCUT2D eigenvalue weighted by Crippen LogP contribution is -2.25. The maximum absolute atomic E-state index is 12.0. The average molecular weight is 462 g/mol. The first-order chi connectivity index (χ1) is 14.7. The van der Waals surface area contributed by atoms with E-state index in [1.54, 1.807) is 44.2 Å². The first kappa shape index (κ1) is 22.3. The van der Waals surface area contributed by atoms with Gasteiger partial charge in [0, 0.05) is 17.7 Å². The van der Waals surface area contributed by atoms with Crippen LogP contribution in [-0.4, -0.2) is 23.7 Å². The van der Waals surface area contributed by atoms with Gasteiger partial charge in [-0.1, -0.05) is 23.2 Å². The molecule has 0 saturated heterocycles. The predicted octanol–water partition coefficient (Wildman–Crippen LogP) is 5.31. The molecule has 10 heteroatoms. The van der Waals surface area contributed by atoms with Gasteiger partial charge in [0.1, 0.15) is 17.3 Å². The Hall–Kier alpha value is -3.36. The first-order valence-electron chi connectivity index (χ1n) is 9.00. The summed E-state index contributed by atoms with van der Waals surface area (Å²) in [6, 6.07) is 11.3. The number of nitrogens with zero attached hydrogens (tertiary/aromatic N) is 2. The van der Waals surface area contributed by atoms with Crippen LogP contribution in [0.15, 0.2) is 52.0 Å². The van der Waals surface area contributed by atoms with Gasteiger partial charge in [0.15, 0.2) is 6.61 Å². The molecular formula is C21H17Cl2N3O5. The van der Waals surface area contributed by atoms with Crippen LogP contribution in [0.1, 0.15) is 16.9 Å². The summed E-state index contributed by atoms with van der Waals surface area (Å²) in [5.74, 6) is 0.912. The highest BCUT2D eigenvalue weighted by atomic mass is 35.5. The molecule has 0 unspecified atom stereocenters. The second-order valence-corrected chi connectivity index (χ2v) is 7.39. The Bertz CT molecular complexity index is 1150. The van der Waals surface area contributed by atoms with Gasteiger partial charge in [-0.25, -0.2) is 5.43 Å². The van der Waals surface area contributed by atoms with E-state index in [1.807, 2.05) is 0 Å². The predicted molar refractivity (Wildman–Crippen MR) is 118 cm³/mol. The monoisotopic (exact) mass is 461 g/mol. The Labute approximate surface area is 187 Å². The molecule has 0 atom stereocenters. The van der Waals surface area contributed by atoms with Crippen molar-refractivity contribution in [1.29, 1.82) is 0 Å². The van der Waals surface area contributed by atoms with Crippen LogP contribution in [0.3, 0.4) is 0 Å². The molecule has 8 nitrogen and oxygen atoms in total. The van der Waals surface area contributed by atoms with Crippen LogP contribution in [0.25, 0.3) is 11.3 Å². The van der Waals surface area contributed by atoms with Crippen LogP contribution in [-0.2, 0) is 4.79 Å². The van der Waals surface area contributed by atoms with E-state index >= 15 is 0 Å². The molecule has 31 heavy (non-hydrogen) atoms. The quantitative estimate of drug-likeness (QED) is 0.291. The number of carbonyl (C=O) groups is 1. The van der Waals surface area contributed by atoms with E-state index in [1.165, 1.54) is 18.3 Å². The van der Waals surface area contributed by atoms with Gasteiger partial charge < -0.3 is 9.15 Å². The summed E-state index contributed by atoms with van der Waals surface area (Å²) in [6.45, 7) is 3.05. The van der Waals surface area contributed by atoms with Crippen molar-refractivity contribution in [3.63, 3.8) is 0 Å². The summed E-state index contributed by atoms with van der Waals surface area (Å²) in [5, 5.41) is 15.6. The molecule has 2 aromatic carbocycles. The summed E-state index contributed by atoms with van der Waals surface area (Å²) in [4.78, 5) is 22.4. The zero-order chi connectivity index (χ0) is 22.5. The zero-order valence-corrected chi connectivity index (χ0v) is 18.0. The summed E-state index contributed by atoms with van der Waals surface area (Å²) >= 11 is 11.9. The number of hydrogen-bond acceptors (Lipinski definition) is 6. The highest BCUT2D eigenvalue weighted by Crippen LogP contribution is 2.30. The lowest BCUT2D eigenvalue weighted by molar-refractivity contribution is -0.385. The Morgan fingerprint density at radius 2 is 1.87 bits per heavy atom. The molecule has 0 bridgehead atoms. The molecule has 0 aliphatic heterocycles. The van der Waals surface area contributed by atoms with Gasteiger partial charge >= 0.3 is 0 Å². The highest BCUT2D eigenvalue weighted by molar-refractivity contribution is 6.42. The number of halogens is 2. The second kappa shape index (κ2) is 9.63. The molecule has 1 heterocycles. The third-order valence-corrected chi connectivity index (χ3v) is 4.95. The molecule has 1 amide bonds. The Balaban J connectivity index is 1.56. The number of carbonyl (C=O) groups excluding carboxylic acids is 1. The number of nitro benzene ring substituents is 1. The lowest BCUT2D eigenvalue weighted by atomic mass is 10.1. The molecule has 1 aromatic heterocycles. The molecule has 0 aliphatic rings. The summed E-state index contributed by atoms with van der Waals surface area (Å²) in [6.07, 6.45) is 1.35. The minimum Gasteiger partial charge on any atom is -0.483 e. The molecule has 3 aromatic rings. The molecule has 1 N–H and O–H groups in total. The fraction of sp³-hybridized carbons (Fsp3) is 0.143. The summed E-state index contributed by atoms with van der Waals surface area (Å²) in [5.41, 5.74) is 4.18. The Kier molecular flexibility index (Phi) is 6.94. The van der Waals surface area contributed by atoms with E-state index in [2.05, 4.69) is 10.5 Å². The van der Waals surface area contributed by atoms with E-state index < -0.39 is 10.8 Å².